The Kier molecular flexibility index (Phi) is 2.96. The van der Waals surface area contributed by atoms with Crippen molar-refractivity contribution in [2.45, 2.75) is 26.7 Å². The zero-order chi connectivity index (χ0) is 10.7. The zero-order valence-electron chi connectivity index (χ0n) is 8.83. The number of hydrogen-bond acceptors (Lipinski definition) is 1. The van der Waals surface area contributed by atoms with Crippen molar-refractivity contribution in [2.75, 3.05) is 0 Å². The van der Waals surface area contributed by atoms with Gasteiger partial charge < -0.3 is 4.57 Å². The molecular weight excluding hydrogens is 172 g/mol. The van der Waals surface area contributed by atoms with Gasteiger partial charge in [-0.3, -0.25) is 0 Å². The van der Waals surface area contributed by atoms with Crippen LogP contribution in [0.4, 0.5) is 0 Å². The third-order valence-corrected chi connectivity index (χ3v) is 2.26. The number of hydrogen-bond donors (Lipinski definition) is 0. The van der Waals surface area contributed by atoms with E-state index in [9.17, 15) is 0 Å². The molecule has 0 fully saturated rings. The lowest BCUT2D eigenvalue weighted by molar-refractivity contribution is 0.848. The maximum Gasteiger partial charge on any atom is 0.101 e. The average molecular weight is 186 g/mol. The molecule has 0 spiro atoms. The molecule has 1 aromatic heterocycles. The highest BCUT2D eigenvalue weighted by Crippen LogP contribution is 2.24. The molecule has 1 rings (SSSR count). The standard InChI is InChI=1S/C12H14N2/c1-5-6-14-8-11(7-13)12(9(2)3)10(14)4/h6,8-9H,1H2,2-4H3. The smallest absolute Gasteiger partial charge is 0.101 e. The summed E-state index contributed by atoms with van der Waals surface area (Å²) in [6, 6.07) is 2.21. The Balaban J connectivity index is 3.42. The van der Waals surface area contributed by atoms with E-state index in [-0.39, 0.29) is 0 Å². The van der Waals surface area contributed by atoms with Crippen molar-refractivity contribution in [1.29, 1.82) is 5.26 Å². The highest BCUT2D eigenvalue weighted by atomic mass is 14.9. The van der Waals surface area contributed by atoms with Gasteiger partial charge in [0.15, 0.2) is 0 Å². The molecule has 2 nitrogen and oxygen atoms in total. The maximum absolute atomic E-state index is 8.96. The van der Waals surface area contributed by atoms with E-state index in [0.29, 0.717) is 5.92 Å². The van der Waals surface area contributed by atoms with Gasteiger partial charge in [0.1, 0.15) is 6.07 Å². The van der Waals surface area contributed by atoms with Crippen LogP contribution in [-0.2, 0) is 0 Å². The maximum atomic E-state index is 8.96. The number of nitriles is 1. The molecule has 2 heteroatoms. The molecule has 0 unspecified atom stereocenters. The summed E-state index contributed by atoms with van der Waals surface area (Å²) in [5.74, 6) is 0.365. The molecule has 1 aromatic rings. The summed E-state index contributed by atoms with van der Waals surface area (Å²) in [7, 11) is 0. The van der Waals surface area contributed by atoms with E-state index in [1.54, 1.807) is 6.20 Å². The Bertz CT molecular complexity index is 424. The molecule has 0 aromatic carbocycles. The molecule has 0 saturated carbocycles. The van der Waals surface area contributed by atoms with E-state index in [4.69, 9.17) is 5.26 Å². The van der Waals surface area contributed by atoms with Crippen LogP contribution in [0.5, 0.6) is 0 Å². The first-order valence-corrected chi connectivity index (χ1v) is 4.59. The van der Waals surface area contributed by atoms with Gasteiger partial charge in [0.25, 0.3) is 0 Å². The van der Waals surface area contributed by atoms with Crippen LogP contribution in [-0.4, -0.2) is 4.57 Å². The summed E-state index contributed by atoms with van der Waals surface area (Å²) < 4.78 is 1.89. The first-order chi connectivity index (χ1) is 6.61. The van der Waals surface area contributed by atoms with Gasteiger partial charge in [0.05, 0.1) is 11.8 Å². The van der Waals surface area contributed by atoms with Crippen LogP contribution in [0, 0.1) is 18.3 Å². The molecule has 0 amide bonds. The minimum Gasteiger partial charge on any atom is -0.319 e. The van der Waals surface area contributed by atoms with Gasteiger partial charge in [-0.25, -0.2) is 0 Å². The summed E-state index contributed by atoms with van der Waals surface area (Å²) in [6.45, 7) is 9.70. The topological polar surface area (TPSA) is 28.7 Å². The number of rotatable bonds is 2. The summed E-state index contributed by atoms with van der Waals surface area (Å²) >= 11 is 0. The van der Waals surface area contributed by atoms with Crippen molar-refractivity contribution in [3.8, 4) is 6.07 Å². The predicted molar refractivity (Wildman–Crippen MR) is 57.9 cm³/mol. The van der Waals surface area contributed by atoms with Gasteiger partial charge in [-0.05, 0) is 18.4 Å². The van der Waals surface area contributed by atoms with E-state index < -0.39 is 0 Å². The molecule has 0 N–H and O–H groups in total. The zero-order valence-corrected chi connectivity index (χ0v) is 8.83. The molecule has 0 aliphatic heterocycles. The van der Waals surface area contributed by atoms with Gasteiger partial charge in [-0.1, -0.05) is 20.4 Å². The summed E-state index contributed by atoms with van der Waals surface area (Å²) in [5, 5.41) is 8.96. The van der Waals surface area contributed by atoms with Crippen molar-refractivity contribution in [3.05, 3.63) is 35.3 Å². The van der Waals surface area contributed by atoms with E-state index >= 15 is 0 Å². The lowest BCUT2D eigenvalue weighted by Crippen LogP contribution is -1.93. The summed E-state index contributed by atoms with van der Waals surface area (Å²) in [6.07, 6.45) is 3.56. The number of nitrogens with zero attached hydrogens (tertiary/aromatic N) is 2. The highest BCUT2D eigenvalue weighted by Gasteiger charge is 2.13. The van der Waals surface area contributed by atoms with Crippen molar-refractivity contribution in [1.82, 2.24) is 4.57 Å². The molecule has 72 valence electrons. The van der Waals surface area contributed by atoms with Gasteiger partial charge in [-0.15, -0.1) is 5.73 Å². The fourth-order valence-electron chi connectivity index (χ4n) is 1.69. The Morgan fingerprint density at radius 2 is 2.21 bits per heavy atom. The minimum absolute atomic E-state index is 0.365. The molecule has 0 aliphatic rings. The van der Waals surface area contributed by atoms with E-state index in [2.05, 4.69) is 32.2 Å². The Morgan fingerprint density at radius 1 is 1.57 bits per heavy atom. The Labute approximate surface area is 84.8 Å². The molecule has 0 atom stereocenters. The van der Waals surface area contributed by atoms with Crippen LogP contribution in [0.1, 0.15) is 36.6 Å². The monoisotopic (exact) mass is 186 g/mol. The minimum atomic E-state index is 0.365. The average Bonchev–Trinajstić information content (AvgIpc) is 2.44. The second-order valence-electron chi connectivity index (χ2n) is 3.55. The lowest BCUT2D eigenvalue weighted by atomic mass is 10.0. The van der Waals surface area contributed by atoms with Crippen molar-refractivity contribution >= 4 is 6.20 Å². The van der Waals surface area contributed by atoms with Crippen LogP contribution in [0.25, 0.3) is 6.20 Å². The highest BCUT2D eigenvalue weighted by molar-refractivity contribution is 5.46. The van der Waals surface area contributed by atoms with E-state index in [0.717, 1.165) is 16.8 Å². The number of aromatic nitrogens is 1. The lowest BCUT2D eigenvalue weighted by Gasteiger charge is -2.05. The summed E-state index contributed by atoms with van der Waals surface area (Å²) in [5.41, 5.74) is 5.65. The SMILES string of the molecule is C=C=Cn1cc(C#N)c(C(C)C)c1C. The molecule has 14 heavy (non-hydrogen) atoms. The Hall–Kier alpha value is -1.71. The third-order valence-electron chi connectivity index (χ3n) is 2.26. The second kappa shape index (κ2) is 4.00. The molecular formula is C12H14N2. The van der Waals surface area contributed by atoms with Gasteiger partial charge in [0.2, 0.25) is 0 Å². The van der Waals surface area contributed by atoms with Crippen LogP contribution in [0.3, 0.4) is 0 Å². The van der Waals surface area contributed by atoms with Crippen LogP contribution in [0.15, 0.2) is 18.5 Å². The van der Waals surface area contributed by atoms with Crippen LogP contribution < -0.4 is 0 Å². The predicted octanol–water partition coefficient (Wildman–Crippen LogP) is 3.05. The molecule has 0 aliphatic carbocycles. The van der Waals surface area contributed by atoms with Crippen molar-refractivity contribution in [3.63, 3.8) is 0 Å². The van der Waals surface area contributed by atoms with Crippen LogP contribution >= 0.6 is 0 Å². The largest absolute Gasteiger partial charge is 0.319 e. The fourth-order valence-corrected chi connectivity index (χ4v) is 1.69. The van der Waals surface area contributed by atoms with Gasteiger partial charge in [0, 0.05) is 11.9 Å². The fraction of sp³-hybridized carbons (Fsp3) is 0.333. The van der Waals surface area contributed by atoms with Crippen molar-refractivity contribution in [2.24, 2.45) is 0 Å². The molecule has 0 radical (unpaired) electrons. The third kappa shape index (κ3) is 1.64. The molecule has 1 heterocycles. The molecule has 0 bridgehead atoms. The van der Waals surface area contributed by atoms with Gasteiger partial charge in [-0.2, -0.15) is 5.26 Å². The van der Waals surface area contributed by atoms with Gasteiger partial charge >= 0.3 is 0 Å². The van der Waals surface area contributed by atoms with E-state index in [1.807, 2.05) is 17.7 Å². The first-order valence-electron chi connectivity index (χ1n) is 4.59. The second-order valence-corrected chi connectivity index (χ2v) is 3.55. The quantitative estimate of drug-likeness (QED) is 0.652. The van der Waals surface area contributed by atoms with Crippen LogP contribution in [0.2, 0.25) is 0 Å². The van der Waals surface area contributed by atoms with Crippen molar-refractivity contribution < 1.29 is 0 Å². The van der Waals surface area contributed by atoms with E-state index in [1.165, 1.54) is 0 Å². The normalized spacial score (nSPS) is 9.64. The Morgan fingerprint density at radius 3 is 2.57 bits per heavy atom. The molecule has 0 saturated heterocycles. The first kappa shape index (κ1) is 10.4. The summed E-state index contributed by atoms with van der Waals surface area (Å²) in [4.78, 5) is 0.